The number of hydrogen-bond donors (Lipinski definition) is 1. The van der Waals surface area contributed by atoms with Crippen LogP contribution in [0.5, 0.6) is 0 Å². The van der Waals surface area contributed by atoms with E-state index in [9.17, 15) is 4.79 Å². The molecule has 0 amide bonds. The Morgan fingerprint density at radius 1 is 1.27 bits per heavy atom. The minimum absolute atomic E-state index is 0.0498. The van der Waals surface area contributed by atoms with Gasteiger partial charge >= 0.3 is 0 Å². The highest BCUT2D eigenvalue weighted by atomic mass is 79.9. The average molecular weight is 331 g/mol. The van der Waals surface area contributed by atoms with Crippen molar-refractivity contribution < 1.29 is 0 Å². The van der Waals surface area contributed by atoms with Crippen molar-refractivity contribution in [3.63, 3.8) is 0 Å². The molecule has 1 heterocycles. The van der Waals surface area contributed by atoms with Crippen molar-refractivity contribution in [2.24, 2.45) is 0 Å². The van der Waals surface area contributed by atoms with Gasteiger partial charge in [0.25, 0.3) is 0 Å². The van der Waals surface area contributed by atoms with E-state index >= 15 is 0 Å². The molecule has 0 aliphatic heterocycles. The van der Waals surface area contributed by atoms with E-state index in [1.54, 1.807) is 6.07 Å². The van der Waals surface area contributed by atoms with Crippen LogP contribution < -0.4 is 5.43 Å². The predicted molar refractivity (Wildman–Crippen MR) is 69.3 cm³/mol. The van der Waals surface area contributed by atoms with E-state index in [1.807, 2.05) is 19.1 Å². The van der Waals surface area contributed by atoms with Crippen molar-refractivity contribution in [1.82, 2.24) is 4.98 Å². The van der Waals surface area contributed by atoms with E-state index in [-0.39, 0.29) is 5.43 Å². The zero-order chi connectivity index (χ0) is 11.0. The number of pyridine rings is 1. The van der Waals surface area contributed by atoms with Crippen molar-refractivity contribution in [3.05, 3.63) is 43.1 Å². The molecule has 0 atom stereocenters. The summed E-state index contributed by atoms with van der Waals surface area (Å²) in [6, 6.07) is 5.44. The Balaban J connectivity index is 2.97. The summed E-state index contributed by atoms with van der Waals surface area (Å²) < 4.78 is 1.73. The molecule has 15 heavy (non-hydrogen) atoms. The van der Waals surface area contributed by atoms with Gasteiger partial charge in [-0.15, -0.1) is 0 Å². The van der Waals surface area contributed by atoms with Crippen LogP contribution in [0.15, 0.2) is 31.9 Å². The summed E-state index contributed by atoms with van der Waals surface area (Å²) in [6.07, 6.45) is 0.824. The summed E-state index contributed by atoms with van der Waals surface area (Å²) in [5.41, 5.74) is 1.86. The molecule has 0 aliphatic carbocycles. The molecule has 0 aliphatic rings. The quantitative estimate of drug-likeness (QED) is 0.851. The minimum atomic E-state index is 0.0498. The highest BCUT2D eigenvalue weighted by molar-refractivity contribution is 9.11. The highest BCUT2D eigenvalue weighted by Gasteiger charge is 2.07. The summed E-state index contributed by atoms with van der Waals surface area (Å²) in [6.45, 7) is 2.02. The summed E-state index contributed by atoms with van der Waals surface area (Å²) in [5, 5.41) is 0.696. The monoisotopic (exact) mass is 329 g/mol. The normalized spacial score (nSPS) is 10.9. The molecular formula is C11H9Br2NO. The molecule has 78 valence electrons. The van der Waals surface area contributed by atoms with E-state index in [2.05, 4.69) is 36.8 Å². The van der Waals surface area contributed by atoms with Gasteiger partial charge in [-0.1, -0.05) is 6.92 Å². The molecule has 1 N–H and O–H groups in total. The molecule has 0 unspecified atom stereocenters. The van der Waals surface area contributed by atoms with Gasteiger partial charge in [0.2, 0.25) is 0 Å². The molecule has 0 bridgehead atoms. The van der Waals surface area contributed by atoms with E-state index in [0.29, 0.717) is 5.39 Å². The Labute approximate surface area is 104 Å². The first kappa shape index (κ1) is 10.9. The van der Waals surface area contributed by atoms with Crippen LogP contribution in [-0.2, 0) is 6.42 Å². The van der Waals surface area contributed by atoms with Crippen molar-refractivity contribution in [1.29, 1.82) is 0 Å². The number of fused-ring (bicyclic) bond motifs is 1. The Bertz CT molecular complexity index is 575. The van der Waals surface area contributed by atoms with Gasteiger partial charge in [-0.3, -0.25) is 4.79 Å². The zero-order valence-corrected chi connectivity index (χ0v) is 11.3. The second kappa shape index (κ2) is 4.10. The molecular weight excluding hydrogens is 322 g/mol. The first-order valence-corrected chi connectivity index (χ1v) is 6.22. The lowest BCUT2D eigenvalue weighted by molar-refractivity contribution is 1.05. The van der Waals surface area contributed by atoms with Crippen molar-refractivity contribution in [2.45, 2.75) is 13.3 Å². The lowest BCUT2D eigenvalue weighted by Crippen LogP contribution is -2.05. The molecule has 2 nitrogen and oxygen atoms in total. The SMILES string of the molecule is CCc1cc(=O)c2c(Br)ccc(Br)c2[nH]1. The molecule has 0 radical (unpaired) electrons. The third-order valence-electron chi connectivity index (χ3n) is 2.32. The summed E-state index contributed by atoms with van der Waals surface area (Å²) in [5.74, 6) is 0. The number of rotatable bonds is 1. The van der Waals surface area contributed by atoms with Crippen LogP contribution in [0.1, 0.15) is 12.6 Å². The van der Waals surface area contributed by atoms with Crippen LogP contribution in [0.25, 0.3) is 10.9 Å². The molecule has 0 saturated heterocycles. The minimum Gasteiger partial charge on any atom is -0.357 e. The van der Waals surface area contributed by atoms with Crippen molar-refractivity contribution in [3.8, 4) is 0 Å². The first-order chi connectivity index (χ1) is 7.13. The standard InChI is InChI=1S/C11H9Br2NO/c1-2-6-5-9(15)10-7(12)3-4-8(13)11(10)14-6/h3-5H,2H2,1H3,(H,14,15). The lowest BCUT2D eigenvalue weighted by atomic mass is 10.2. The topological polar surface area (TPSA) is 32.9 Å². The number of halogens is 2. The third kappa shape index (κ3) is 1.88. The second-order valence-corrected chi connectivity index (χ2v) is 5.00. The summed E-state index contributed by atoms with van der Waals surface area (Å²) in [4.78, 5) is 15.1. The molecule has 1 aromatic heterocycles. The lowest BCUT2D eigenvalue weighted by Gasteiger charge is -2.05. The number of H-pyrrole nitrogens is 1. The largest absolute Gasteiger partial charge is 0.357 e. The second-order valence-electron chi connectivity index (χ2n) is 3.29. The number of nitrogens with one attached hydrogen (secondary N) is 1. The smallest absolute Gasteiger partial charge is 0.190 e. The Hall–Kier alpha value is -0.610. The molecule has 1 aromatic carbocycles. The fraction of sp³-hybridized carbons (Fsp3) is 0.182. The van der Waals surface area contributed by atoms with Gasteiger partial charge in [0.1, 0.15) is 0 Å². The van der Waals surface area contributed by atoms with Crippen molar-refractivity contribution in [2.75, 3.05) is 0 Å². The van der Waals surface area contributed by atoms with Crippen LogP contribution in [0, 0.1) is 0 Å². The third-order valence-corrected chi connectivity index (χ3v) is 3.64. The summed E-state index contributed by atoms with van der Waals surface area (Å²) in [7, 11) is 0. The van der Waals surface area contributed by atoms with Gasteiger partial charge in [-0.2, -0.15) is 0 Å². The molecule has 4 heteroatoms. The van der Waals surface area contributed by atoms with Crippen LogP contribution in [0.2, 0.25) is 0 Å². The Morgan fingerprint density at radius 3 is 2.60 bits per heavy atom. The number of aromatic nitrogens is 1. The van der Waals surface area contributed by atoms with Gasteiger partial charge in [-0.25, -0.2) is 0 Å². The van der Waals surface area contributed by atoms with E-state index < -0.39 is 0 Å². The molecule has 2 rings (SSSR count). The average Bonchev–Trinajstić information content (AvgIpc) is 2.23. The van der Waals surface area contributed by atoms with Gasteiger partial charge in [0.05, 0.1) is 10.9 Å². The van der Waals surface area contributed by atoms with Gasteiger partial charge in [0, 0.05) is 20.7 Å². The van der Waals surface area contributed by atoms with E-state index in [4.69, 9.17) is 0 Å². The predicted octanol–water partition coefficient (Wildman–Crippen LogP) is 3.62. The first-order valence-electron chi connectivity index (χ1n) is 4.63. The number of benzene rings is 1. The van der Waals surface area contributed by atoms with Crippen LogP contribution in [0.3, 0.4) is 0 Å². The Kier molecular flexibility index (Phi) is 2.98. The summed E-state index contributed by atoms with van der Waals surface area (Å²) >= 11 is 6.83. The maximum absolute atomic E-state index is 11.9. The molecule has 2 aromatic rings. The van der Waals surface area contributed by atoms with Crippen LogP contribution in [0.4, 0.5) is 0 Å². The molecule has 0 saturated carbocycles. The highest BCUT2D eigenvalue weighted by Crippen LogP contribution is 2.26. The van der Waals surface area contributed by atoms with E-state index in [0.717, 1.165) is 26.6 Å². The fourth-order valence-corrected chi connectivity index (χ4v) is 2.49. The van der Waals surface area contributed by atoms with Gasteiger partial charge in [0.15, 0.2) is 5.43 Å². The fourth-order valence-electron chi connectivity index (χ4n) is 1.53. The molecule has 0 spiro atoms. The van der Waals surface area contributed by atoms with Crippen molar-refractivity contribution >= 4 is 42.8 Å². The molecule has 0 fully saturated rings. The maximum atomic E-state index is 11.9. The number of hydrogen-bond acceptors (Lipinski definition) is 1. The van der Waals surface area contributed by atoms with Crippen LogP contribution >= 0.6 is 31.9 Å². The van der Waals surface area contributed by atoms with Crippen LogP contribution in [-0.4, -0.2) is 4.98 Å². The zero-order valence-electron chi connectivity index (χ0n) is 8.10. The van der Waals surface area contributed by atoms with E-state index in [1.165, 1.54) is 0 Å². The van der Waals surface area contributed by atoms with Gasteiger partial charge in [-0.05, 0) is 50.4 Å². The van der Waals surface area contributed by atoms with Gasteiger partial charge < -0.3 is 4.98 Å². The maximum Gasteiger partial charge on any atom is 0.190 e. The Morgan fingerprint density at radius 2 is 1.93 bits per heavy atom. The number of aryl methyl sites for hydroxylation is 1. The number of aromatic amines is 1.